The zero-order chi connectivity index (χ0) is 21.5. The third-order valence-electron chi connectivity index (χ3n) is 4.89. The molecule has 1 heterocycles. The molecule has 3 aromatic rings. The lowest BCUT2D eigenvalue weighted by Crippen LogP contribution is -2.42. The van der Waals surface area contributed by atoms with Crippen molar-refractivity contribution in [3.05, 3.63) is 66.5 Å². The van der Waals surface area contributed by atoms with Gasteiger partial charge in [0.15, 0.2) is 0 Å². The van der Waals surface area contributed by atoms with Crippen molar-refractivity contribution < 1.29 is 22.4 Å². The molecule has 9 heteroatoms. The summed E-state index contributed by atoms with van der Waals surface area (Å²) in [4.78, 5) is 26.2. The van der Waals surface area contributed by atoms with Crippen LogP contribution in [0.15, 0.2) is 65.6 Å². The third kappa shape index (κ3) is 3.48. The highest BCUT2D eigenvalue weighted by atomic mass is 32.2. The van der Waals surface area contributed by atoms with Gasteiger partial charge in [0.1, 0.15) is 12.4 Å². The summed E-state index contributed by atoms with van der Waals surface area (Å²) in [5, 5.41) is 3.92. The number of anilines is 2. The van der Waals surface area contributed by atoms with E-state index in [0.29, 0.717) is 16.8 Å². The van der Waals surface area contributed by atoms with Crippen molar-refractivity contribution in [2.24, 2.45) is 0 Å². The van der Waals surface area contributed by atoms with Crippen molar-refractivity contribution in [3.8, 4) is 0 Å². The van der Waals surface area contributed by atoms with Gasteiger partial charge in [0, 0.05) is 18.1 Å². The second kappa shape index (κ2) is 7.42. The number of nitrogens with zero attached hydrogens (tertiary/aromatic N) is 2. The summed E-state index contributed by atoms with van der Waals surface area (Å²) in [5.41, 5.74) is 0.840. The van der Waals surface area contributed by atoms with Gasteiger partial charge in [0.2, 0.25) is 11.8 Å². The van der Waals surface area contributed by atoms with Gasteiger partial charge >= 0.3 is 0 Å². The van der Waals surface area contributed by atoms with Crippen molar-refractivity contribution in [3.63, 3.8) is 0 Å². The highest BCUT2D eigenvalue weighted by Gasteiger charge is 2.37. The highest BCUT2D eigenvalue weighted by Crippen LogP contribution is 2.41. The zero-order valence-electron chi connectivity index (χ0n) is 16.0. The lowest BCUT2D eigenvalue weighted by Gasteiger charge is -2.22. The Morgan fingerprint density at radius 3 is 2.40 bits per heavy atom. The summed E-state index contributed by atoms with van der Waals surface area (Å²) >= 11 is 0. The lowest BCUT2D eigenvalue weighted by molar-refractivity contribution is -0.131. The van der Waals surface area contributed by atoms with Crippen LogP contribution in [0.2, 0.25) is 0 Å². The number of carbonyl (C=O) groups excluding carboxylic acids is 2. The summed E-state index contributed by atoms with van der Waals surface area (Å²) in [7, 11) is -2.44. The number of rotatable bonds is 5. The fourth-order valence-corrected chi connectivity index (χ4v) is 5.07. The molecule has 0 unspecified atom stereocenters. The smallest absolute Gasteiger partial charge is 0.265 e. The van der Waals surface area contributed by atoms with Gasteiger partial charge in [-0.2, -0.15) is 0 Å². The Labute approximate surface area is 172 Å². The van der Waals surface area contributed by atoms with Crippen LogP contribution in [-0.4, -0.2) is 45.3 Å². The minimum atomic E-state index is -3.86. The predicted octanol–water partition coefficient (Wildman–Crippen LogP) is 2.58. The van der Waals surface area contributed by atoms with Crippen LogP contribution in [0.5, 0.6) is 0 Å². The molecule has 0 bridgehead atoms. The molecule has 1 aliphatic heterocycles. The number of carbonyl (C=O) groups is 2. The molecule has 0 aromatic heterocycles. The van der Waals surface area contributed by atoms with Crippen LogP contribution in [0.3, 0.4) is 0 Å². The number of hydrogen-bond acceptors (Lipinski definition) is 4. The van der Waals surface area contributed by atoms with Crippen LogP contribution in [0.4, 0.5) is 15.8 Å². The van der Waals surface area contributed by atoms with Gasteiger partial charge in [-0.3, -0.25) is 13.9 Å². The quantitative estimate of drug-likeness (QED) is 0.678. The van der Waals surface area contributed by atoms with Crippen molar-refractivity contribution in [1.29, 1.82) is 0 Å². The molecule has 0 radical (unpaired) electrons. The van der Waals surface area contributed by atoms with Gasteiger partial charge in [-0.25, -0.2) is 12.8 Å². The number of amides is 2. The molecule has 154 valence electrons. The van der Waals surface area contributed by atoms with Crippen LogP contribution >= 0.6 is 0 Å². The standard InChI is InChI=1S/C21H18FN3O4S/c1-24(12-19(26)23-16-10-8-15(22)9-11-16)20(27)13-25-17-6-2-4-14-5-3-7-18(21(14)17)30(25,28)29/h2-11H,12-13H2,1H3,(H,23,26). The van der Waals surface area contributed by atoms with Crippen molar-refractivity contribution >= 4 is 44.0 Å². The number of halogens is 1. The molecule has 0 aliphatic carbocycles. The van der Waals surface area contributed by atoms with Crippen LogP contribution in [0.1, 0.15) is 0 Å². The molecule has 0 spiro atoms. The molecular weight excluding hydrogens is 409 g/mol. The largest absolute Gasteiger partial charge is 0.335 e. The van der Waals surface area contributed by atoms with E-state index >= 15 is 0 Å². The van der Waals surface area contributed by atoms with E-state index in [1.165, 1.54) is 37.4 Å². The molecule has 0 fully saturated rings. The maximum absolute atomic E-state index is 13.0. The number of benzene rings is 3. The van der Waals surface area contributed by atoms with Crippen molar-refractivity contribution in [1.82, 2.24) is 4.90 Å². The van der Waals surface area contributed by atoms with Gasteiger partial charge in [-0.15, -0.1) is 0 Å². The lowest BCUT2D eigenvalue weighted by atomic mass is 10.1. The van der Waals surface area contributed by atoms with E-state index in [9.17, 15) is 22.4 Å². The van der Waals surface area contributed by atoms with E-state index < -0.39 is 34.2 Å². The molecule has 1 aliphatic rings. The summed E-state index contributed by atoms with van der Waals surface area (Å²) in [5.74, 6) is -1.44. The van der Waals surface area contributed by atoms with E-state index in [4.69, 9.17) is 0 Å². The second-order valence-corrected chi connectivity index (χ2v) is 8.78. The molecule has 4 rings (SSSR count). The van der Waals surface area contributed by atoms with E-state index in [2.05, 4.69) is 5.32 Å². The maximum atomic E-state index is 13.0. The van der Waals surface area contributed by atoms with Crippen molar-refractivity contribution in [2.45, 2.75) is 4.90 Å². The molecular formula is C21H18FN3O4S. The molecule has 7 nitrogen and oxygen atoms in total. The van der Waals surface area contributed by atoms with Crippen LogP contribution in [0, 0.1) is 5.82 Å². The molecule has 0 saturated heterocycles. The van der Waals surface area contributed by atoms with E-state index in [1.807, 2.05) is 12.1 Å². The first-order valence-corrected chi connectivity index (χ1v) is 10.6. The van der Waals surface area contributed by atoms with E-state index in [0.717, 1.165) is 14.6 Å². The molecule has 0 saturated carbocycles. The molecule has 3 aromatic carbocycles. The Balaban J connectivity index is 1.48. The molecule has 1 N–H and O–H groups in total. The van der Waals surface area contributed by atoms with Gasteiger partial charge < -0.3 is 10.2 Å². The SMILES string of the molecule is CN(CC(=O)Nc1ccc(F)cc1)C(=O)CN1c2cccc3cccc(c23)S1(=O)=O. The Kier molecular flexibility index (Phi) is 4.90. The third-order valence-corrected chi connectivity index (χ3v) is 6.70. The normalized spacial score (nSPS) is 14.0. The fourth-order valence-electron chi connectivity index (χ4n) is 3.41. The average molecular weight is 427 g/mol. The first-order valence-electron chi connectivity index (χ1n) is 9.11. The topological polar surface area (TPSA) is 86.8 Å². The molecule has 30 heavy (non-hydrogen) atoms. The van der Waals surface area contributed by atoms with Crippen LogP contribution in [0.25, 0.3) is 10.8 Å². The summed E-state index contributed by atoms with van der Waals surface area (Å²) in [6, 6.07) is 15.4. The second-order valence-electron chi connectivity index (χ2n) is 6.95. The molecule has 2 amide bonds. The summed E-state index contributed by atoms with van der Waals surface area (Å²) in [6.07, 6.45) is 0. The first kappa shape index (κ1) is 19.8. The van der Waals surface area contributed by atoms with E-state index in [-0.39, 0.29) is 11.4 Å². The Morgan fingerprint density at radius 2 is 1.70 bits per heavy atom. The monoisotopic (exact) mass is 427 g/mol. The minimum Gasteiger partial charge on any atom is -0.335 e. The van der Waals surface area contributed by atoms with Gasteiger partial charge in [-0.05, 0) is 41.8 Å². The van der Waals surface area contributed by atoms with E-state index in [1.54, 1.807) is 18.2 Å². The van der Waals surface area contributed by atoms with Gasteiger partial charge in [0.05, 0.1) is 17.1 Å². The minimum absolute atomic E-state index is 0.167. The predicted molar refractivity (Wildman–Crippen MR) is 111 cm³/mol. The number of nitrogens with one attached hydrogen (secondary N) is 1. The fraction of sp³-hybridized carbons (Fsp3) is 0.143. The average Bonchev–Trinajstić information content (AvgIpc) is 2.93. The first-order chi connectivity index (χ1) is 14.3. The summed E-state index contributed by atoms with van der Waals surface area (Å²) < 4.78 is 39.9. The Bertz CT molecular complexity index is 1250. The number of sulfonamides is 1. The van der Waals surface area contributed by atoms with Gasteiger partial charge in [-0.1, -0.05) is 24.3 Å². The maximum Gasteiger partial charge on any atom is 0.265 e. The highest BCUT2D eigenvalue weighted by molar-refractivity contribution is 7.93. The number of likely N-dealkylation sites (N-methyl/N-ethyl adjacent to an activating group) is 1. The van der Waals surface area contributed by atoms with Crippen molar-refractivity contribution in [2.75, 3.05) is 29.8 Å². The Morgan fingerprint density at radius 1 is 1.03 bits per heavy atom. The molecule has 0 atom stereocenters. The Hall–Kier alpha value is -3.46. The van der Waals surface area contributed by atoms with Crippen LogP contribution in [-0.2, 0) is 19.6 Å². The summed E-state index contributed by atoms with van der Waals surface area (Å²) in [6.45, 7) is -0.697. The van der Waals surface area contributed by atoms with Gasteiger partial charge in [0.25, 0.3) is 10.0 Å². The van der Waals surface area contributed by atoms with Crippen LogP contribution < -0.4 is 9.62 Å². The zero-order valence-corrected chi connectivity index (χ0v) is 16.8. The number of hydrogen-bond donors (Lipinski definition) is 1.